The van der Waals surface area contributed by atoms with Crippen molar-refractivity contribution in [2.24, 2.45) is 0 Å². The van der Waals surface area contributed by atoms with Gasteiger partial charge in [-0.2, -0.15) is 18.4 Å². The Hall–Kier alpha value is -2.75. The molecule has 0 aromatic heterocycles. The fourth-order valence-electron chi connectivity index (χ4n) is 1.77. The van der Waals surface area contributed by atoms with Crippen molar-refractivity contribution in [2.75, 3.05) is 11.1 Å². The number of halogens is 4. The number of alkyl halides is 3. The lowest BCUT2D eigenvalue weighted by molar-refractivity contribution is -0.136. The topological polar surface area (TPSA) is 61.8 Å². The Morgan fingerprint density at radius 2 is 1.71 bits per heavy atom. The molecule has 108 valence electrons. The van der Waals surface area contributed by atoms with E-state index in [1.807, 2.05) is 0 Å². The molecule has 0 atom stereocenters. The normalized spacial score (nSPS) is 11.0. The first-order valence-corrected chi connectivity index (χ1v) is 5.74. The van der Waals surface area contributed by atoms with Crippen LogP contribution in [0.1, 0.15) is 11.1 Å². The van der Waals surface area contributed by atoms with Gasteiger partial charge in [0.1, 0.15) is 11.9 Å². The van der Waals surface area contributed by atoms with Crippen LogP contribution >= 0.6 is 0 Å². The van der Waals surface area contributed by atoms with Crippen molar-refractivity contribution < 1.29 is 17.6 Å². The zero-order chi connectivity index (χ0) is 15.6. The fourth-order valence-corrected chi connectivity index (χ4v) is 1.77. The summed E-state index contributed by atoms with van der Waals surface area (Å²) in [6.07, 6.45) is -4.61. The van der Waals surface area contributed by atoms with Crippen molar-refractivity contribution in [3.8, 4) is 6.07 Å². The van der Waals surface area contributed by atoms with E-state index in [1.54, 1.807) is 6.07 Å². The van der Waals surface area contributed by atoms with Crippen molar-refractivity contribution in [3.05, 3.63) is 53.3 Å². The molecule has 0 fully saturated rings. The van der Waals surface area contributed by atoms with Crippen molar-refractivity contribution in [1.82, 2.24) is 0 Å². The summed E-state index contributed by atoms with van der Waals surface area (Å²) in [7, 11) is 0. The minimum absolute atomic E-state index is 0.0347. The highest BCUT2D eigenvalue weighted by Crippen LogP contribution is 2.37. The van der Waals surface area contributed by atoms with Crippen LogP contribution in [0.4, 0.5) is 34.6 Å². The van der Waals surface area contributed by atoms with Gasteiger partial charge in [0.2, 0.25) is 0 Å². The number of nitrogens with one attached hydrogen (secondary N) is 1. The van der Waals surface area contributed by atoms with Crippen LogP contribution in [0.5, 0.6) is 0 Å². The molecule has 0 saturated heterocycles. The predicted molar refractivity (Wildman–Crippen MR) is 70.3 cm³/mol. The van der Waals surface area contributed by atoms with Crippen molar-refractivity contribution in [1.29, 1.82) is 5.26 Å². The van der Waals surface area contributed by atoms with E-state index in [-0.39, 0.29) is 22.6 Å². The van der Waals surface area contributed by atoms with Crippen LogP contribution in [0.3, 0.4) is 0 Å². The quantitative estimate of drug-likeness (QED) is 0.649. The zero-order valence-corrected chi connectivity index (χ0v) is 10.5. The van der Waals surface area contributed by atoms with E-state index in [0.717, 1.165) is 24.3 Å². The number of benzene rings is 2. The van der Waals surface area contributed by atoms with Crippen molar-refractivity contribution in [3.63, 3.8) is 0 Å². The predicted octanol–water partition coefficient (Wildman–Crippen LogP) is 4.04. The number of nitrogens with two attached hydrogens (primary N) is 1. The maximum atomic E-state index is 13.0. The Labute approximate surface area is 117 Å². The Balaban J connectivity index is 2.48. The van der Waals surface area contributed by atoms with E-state index in [0.29, 0.717) is 0 Å². The first-order chi connectivity index (χ1) is 9.81. The highest BCUT2D eigenvalue weighted by molar-refractivity contribution is 5.70. The Bertz CT molecular complexity index is 717. The van der Waals surface area contributed by atoms with Crippen LogP contribution in [0.25, 0.3) is 0 Å². The fraction of sp³-hybridized carbons (Fsp3) is 0.0714. The van der Waals surface area contributed by atoms with Gasteiger partial charge in [0.05, 0.1) is 22.5 Å². The molecular weight excluding hydrogens is 286 g/mol. The Morgan fingerprint density at radius 3 is 2.33 bits per heavy atom. The molecule has 0 saturated carbocycles. The lowest BCUT2D eigenvalue weighted by atomic mass is 10.1. The molecule has 7 heteroatoms. The van der Waals surface area contributed by atoms with Crippen LogP contribution in [-0.4, -0.2) is 0 Å². The van der Waals surface area contributed by atoms with Crippen LogP contribution < -0.4 is 11.1 Å². The maximum absolute atomic E-state index is 13.0. The molecule has 21 heavy (non-hydrogen) atoms. The molecule has 0 aliphatic rings. The van der Waals surface area contributed by atoms with Gasteiger partial charge in [-0.15, -0.1) is 0 Å². The van der Waals surface area contributed by atoms with Gasteiger partial charge < -0.3 is 11.1 Å². The lowest BCUT2D eigenvalue weighted by Gasteiger charge is -2.16. The van der Waals surface area contributed by atoms with Crippen molar-refractivity contribution in [2.45, 2.75) is 6.18 Å². The highest BCUT2D eigenvalue weighted by atomic mass is 19.4. The van der Waals surface area contributed by atoms with Gasteiger partial charge in [0.25, 0.3) is 0 Å². The van der Waals surface area contributed by atoms with Crippen LogP contribution in [0.15, 0.2) is 36.4 Å². The molecule has 0 aliphatic carbocycles. The molecule has 3 N–H and O–H groups in total. The SMILES string of the molecule is N#Cc1cc(F)ccc1Nc1ccc(N)cc1C(F)(F)F. The highest BCUT2D eigenvalue weighted by Gasteiger charge is 2.33. The second-order valence-electron chi connectivity index (χ2n) is 4.23. The van der Waals surface area contributed by atoms with E-state index in [4.69, 9.17) is 11.0 Å². The Kier molecular flexibility index (Phi) is 3.72. The van der Waals surface area contributed by atoms with E-state index >= 15 is 0 Å². The third-order valence-electron chi connectivity index (χ3n) is 2.72. The lowest BCUT2D eigenvalue weighted by Crippen LogP contribution is -2.10. The number of anilines is 3. The molecule has 2 aromatic rings. The largest absolute Gasteiger partial charge is 0.418 e. The molecule has 2 aromatic carbocycles. The van der Waals surface area contributed by atoms with Crippen molar-refractivity contribution >= 4 is 17.1 Å². The van der Waals surface area contributed by atoms with E-state index in [1.165, 1.54) is 12.1 Å². The molecule has 0 aliphatic heterocycles. The number of nitrogens with zero attached hydrogens (tertiary/aromatic N) is 1. The average Bonchev–Trinajstić information content (AvgIpc) is 2.41. The number of hydrogen-bond donors (Lipinski definition) is 2. The Morgan fingerprint density at radius 1 is 1.05 bits per heavy atom. The van der Waals surface area contributed by atoms with Gasteiger partial charge in [0.15, 0.2) is 0 Å². The summed E-state index contributed by atoms with van der Waals surface area (Å²) in [5, 5.41) is 11.4. The molecule has 0 unspecified atom stereocenters. The number of hydrogen-bond acceptors (Lipinski definition) is 3. The smallest absolute Gasteiger partial charge is 0.399 e. The second kappa shape index (κ2) is 5.32. The summed E-state index contributed by atoms with van der Waals surface area (Å²) in [6, 6.07) is 8.15. The first kappa shape index (κ1) is 14.7. The van der Waals surface area contributed by atoms with Gasteiger partial charge in [-0.05, 0) is 36.4 Å². The molecule has 0 bridgehead atoms. The van der Waals surface area contributed by atoms with Gasteiger partial charge in [-0.1, -0.05) is 0 Å². The summed E-state index contributed by atoms with van der Waals surface area (Å²) < 4.78 is 51.9. The molecule has 2 rings (SSSR count). The first-order valence-electron chi connectivity index (χ1n) is 5.74. The number of nitriles is 1. The number of rotatable bonds is 2. The van der Waals surface area contributed by atoms with E-state index in [9.17, 15) is 17.6 Å². The molecule has 3 nitrogen and oxygen atoms in total. The minimum atomic E-state index is -4.61. The summed E-state index contributed by atoms with van der Waals surface area (Å²) in [4.78, 5) is 0. The summed E-state index contributed by atoms with van der Waals surface area (Å²) in [6.45, 7) is 0. The molecule has 0 amide bonds. The minimum Gasteiger partial charge on any atom is -0.399 e. The van der Waals surface area contributed by atoms with E-state index < -0.39 is 17.6 Å². The summed E-state index contributed by atoms with van der Waals surface area (Å²) in [5.74, 6) is -0.648. The molecule has 0 spiro atoms. The van der Waals surface area contributed by atoms with Gasteiger partial charge in [-0.25, -0.2) is 4.39 Å². The molecular formula is C14H9F4N3. The number of nitrogen functional groups attached to an aromatic ring is 1. The van der Waals surface area contributed by atoms with Crippen LogP contribution in [-0.2, 0) is 6.18 Å². The second-order valence-corrected chi connectivity index (χ2v) is 4.23. The third kappa shape index (κ3) is 3.23. The third-order valence-corrected chi connectivity index (χ3v) is 2.72. The summed E-state index contributed by atoms with van der Waals surface area (Å²) >= 11 is 0. The standard InChI is InChI=1S/C14H9F4N3/c15-9-1-3-12(8(5-9)7-19)21-13-4-2-10(20)6-11(13)14(16,17)18/h1-6,21H,20H2. The molecule has 0 radical (unpaired) electrons. The summed E-state index contributed by atoms with van der Waals surface area (Å²) in [5.41, 5.74) is 4.08. The van der Waals surface area contributed by atoms with Crippen LogP contribution in [0.2, 0.25) is 0 Å². The monoisotopic (exact) mass is 295 g/mol. The van der Waals surface area contributed by atoms with Gasteiger partial charge >= 0.3 is 6.18 Å². The zero-order valence-electron chi connectivity index (χ0n) is 10.5. The van der Waals surface area contributed by atoms with Gasteiger partial charge in [0, 0.05) is 5.69 Å². The van der Waals surface area contributed by atoms with E-state index in [2.05, 4.69) is 5.32 Å². The maximum Gasteiger partial charge on any atom is 0.418 e. The van der Waals surface area contributed by atoms with Crippen LogP contribution in [0, 0.1) is 17.1 Å². The molecule has 0 heterocycles. The van der Waals surface area contributed by atoms with Gasteiger partial charge in [-0.3, -0.25) is 0 Å². The average molecular weight is 295 g/mol.